The first-order valence-electron chi connectivity index (χ1n) is 5.91. The monoisotopic (exact) mass is 276 g/mol. The molecule has 0 aliphatic carbocycles. The second-order valence-corrected chi connectivity index (χ2v) is 6.42. The number of pyridine rings is 1. The summed E-state index contributed by atoms with van der Waals surface area (Å²) in [5, 5.41) is 0. The van der Waals surface area contributed by atoms with E-state index in [9.17, 15) is 8.42 Å². The van der Waals surface area contributed by atoms with Crippen LogP contribution in [0.2, 0.25) is 0 Å². The Labute approximate surface area is 113 Å². The van der Waals surface area contributed by atoms with Crippen LogP contribution in [-0.4, -0.2) is 20.4 Å². The zero-order valence-electron chi connectivity index (χ0n) is 10.9. The molecule has 0 N–H and O–H groups in total. The van der Waals surface area contributed by atoms with E-state index in [2.05, 4.69) is 4.98 Å². The largest absolute Gasteiger partial charge is 0.271 e. The van der Waals surface area contributed by atoms with E-state index in [1.165, 1.54) is 10.5 Å². The molecule has 4 nitrogen and oxygen atoms in total. The van der Waals surface area contributed by atoms with Gasteiger partial charge < -0.3 is 0 Å². The third kappa shape index (κ3) is 3.32. The zero-order chi connectivity index (χ0) is 13.9. The number of aromatic nitrogens is 1. The van der Waals surface area contributed by atoms with Crippen LogP contribution in [-0.2, 0) is 15.8 Å². The van der Waals surface area contributed by atoms with Crippen molar-refractivity contribution in [1.29, 1.82) is 0 Å². The maximum Gasteiger partial charge on any atom is 0.239 e. The number of sulfonamides is 1. The van der Waals surface area contributed by atoms with Gasteiger partial charge in [-0.15, -0.1) is 0 Å². The molecule has 5 heteroatoms. The van der Waals surface area contributed by atoms with Crippen LogP contribution in [0.4, 0.5) is 5.69 Å². The summed E-state index contributed by atoms with van der Waals surface area (Å²) in [5.74, 6) is -0.0152. The number of nitrogens with zero attached hydrogens (tertiary/aromatic N) is 2. The van der Waals surface area contributed by atoms with Gasteiger partial charge in [0.25, 0.3) is 0 Å². The fourth-order valence-electron chi connectivity index (χ4n) is 1.69. The lowest BCUT2D eigenvalue weighted by molar-refractivity contribution is 0.593. The molecule has 0 unspecified atom stereocenters. The van der Waals surface area contributed by atoms with Gasteiger partial charge in [0, 0.05) is 13.2 Å². The molecule has 1 heterocycles. The molecule has 0 fully saturated rings. The molecule has 0 atom stereocenters. The second-order valence-electron chi connectivity index (χ2n) is 4.42. The first-order valence-corrected chi connectivity index (χ1v) is 7.52. The van der Waals surface area contributed by atoms with Gasteiger partial charge in [-0.3, -0.25) is 9.29 Å². The Hall–Kier alpha value is -1.88. The minimum atomic E-state index is -3.39. The predicted molar refractivity (Wildman–Crippen MR) is 76.4 cm³/mol. The smallest absolute Gasteiger partial charge is 0.239 e. The molecule has 19 heavy (non-hydrogen) atoms. The summed E-state index contributed by atoms with van der Waals surface area (Å²) in [4.78, 5) is 3.93. The highest BCUT2D eigenvalue weighted by Crippen LogP contribution is 2.17. The van der Waals surface area contributed by atoms with Crippen molar-refractivity contribution in [1.82, 2.24) is 4.98 Å². The fourth-order valence-corrected chi connectivity index (χ4v) is 2.93. The Morgan fingerprint density at radius 2 is 1.84 bits per heavy atom. The van der Waals surface area contributed by atoms with Crippen LogP contribution in [0.25, 0.3) is 0 Å². The van der Waals surface area contributed by atoms with Crippen molar-refractivity contribution in [2.45, 2.75) is 12.7 Å². The number of hydrogen-bond acceptors (Lipinski definition) is 3. The van der Waals surface area contributed by atoms with Crippen molar-refractivity contribution < 1.29 is 8.42 Å². The molecule has 2 aromatic rings. The van der Waals surface area contributed by atoms with E-state index in [1.807, 2.05) is 31.2 Å². The maximum absolute atomic E-state index is 12.3. The third-order valence-corrected chi connectivity index (χ3v) is 4.64. The first kappa shape index (κ1) is 13.5. The van der Waals surface area contributed by atoms with E-state index in [1.54, 1.807) is 25.4 Å². The number of hydrogen-bond donors (Lipinski definition) is 0. The molecule has 1 aromatic carbocycles. The number of anilines is 1. The van der Waals surface area contributed by atoms with Gasteiger partial charge in [0.2, 0.25) is 10.0 Å². The van der Waals surface area contributed by atoms with Crippen molar-refractivity contribution in [2.24, 2.45) is 0 Å². The highest BCUT2D eigenvalue weighted by Gasteiger charge is 2.18. The number of aryl methyl sites for hydroxylation is 1. The molecular formula is C14H16N2O2S. The lowest BCUT2D eigenvalue weighted by atomic mass is 10.2. The highest BCUT2D eigenvalue weighted by molar-refractivity contribution is 7.92. The average Bonchev–Trinajstić information content (AvgIpc) is 2.41. The Balaban J connectivity index is 2.21. The fraction of sp³-hybridized carbons (Fsp3) is 0.214. The molecule has 0 amide bonds. The zero-order valence-corrected chi connectivity index (χ0v) is 11.8. The van der Waals surface area contributed by atoms with Gasteiger partial charge in [-0.05, 0) is 24.6 Å². The lowest BCUT2D eigenvalue weighted by Crippen LogP contribution is -2.27. The van der Waals surface area contributed by atoms with Crippen molar-refractivity contribution in [3.05, 3.63) is 59.9 Å². The molecule has 0 radical (unpaired) electrons. The maximum atomic E-state index is 12.3. The van der Waals surface area contributed by atoms with E-state index >= 15 is 0 Å². The van der Waals surface area contributed by atoms with Gasteiger partial charge in [0.1, 0.15) is 0 Å². The summed E-state index contributed by atoms with van der Waals surface area (Å²) in [6, 6.07) is 10.9. The molecule has 2 rings (SSSR count). The van der Waals surface area contributed by atoms with Gasteiger partial charge in [0.05, 0.1) is 17.6 Å². The summed E-state index contributed by atoms with van der Waals surface area (Å²) < 4.78 is 25.8. The van der Waals surface area contributed by atoms with E-state index < -0.39 is 10.0 Å². The molecule has 0 saturated carbocycles. The van der Waals surface area contributed by atoms with Crippen molar-refractivity contribution in [3.8, 4) is 0 Å². The SMILES string of the molecule is Cc1ccc(CS(=O)(=O)N(C)c2cccnc2)cc1. The van der Waals surface area contributed by atoms with Crippen LogP contribution in [0.3, 0.4) is 0 Å². The second kappa shape index (κ2) is 5.40. The summed E-state index contributed by atoms with van der Waals surface area (Å²) in [5.41, 5.74) is 2.46. The highest BCUT2D eigenvalue weighted by atomic mass is 32.2. The molecule has 100 valence electrons. The van der Waals surface area contributed by atoms with Crippen LogP contribution >= 0.6 is 0 Å². The van der Waals surface area contributed by atoms with Crippen molar-refractivity contribution in [3.63, 3.8) is 0 Å². The summed E-state index contributed by atoms with van der Waals surface area (Å²) in [6.45, 7) is 1.97. The summed E-state index contributed by atoms with van der Waals surface area (Å²) >= 11 is 0. The van der Waals surface area contributed by atoms with Gasteiger partial charge in [-0.1, -0.05) is 29.8 Å². The Bertz CT molecular complexity index is 637. The van der Waals surface area contributed by atoms with Crippen LogP contribution in [0, 0.1) is 6.92 Å². The van der Waals surface area contributed by atoms with Gasteiger partial charge in [-0.25, -0.2) is 8.42 Å². The molecule has 0 aliphatic rings. The van der Waals surface area contributed by atoms with E-state index in [4.69, 9.17) is 0 Å². The van der Waals surface area contributed by atoms with Crippen LogP contribution in [0.15, 0.2) is 48.8 Å². The quantitative estimate of drug-likeness (QED) is 0.861. The van der Waals surface area contributed by atoms with Gasteiger partial charge in [-0.2, -0.15) is 0 Å². The first-order chi connectivity index (χ1) is 8.99. The van der Waals surface area contributed by atoms with Gasteiger partial charge in [0.15, 0.2) is 0 Å². The molecule has 0 bridgehead atoms. The van der Waals surface area contributed by atoms with E-state index in [-0.39, 0.29) is 5.75 Å². The lowest BCUT2D eigenvalue weighted by Gasteiger charge is -2.19. The topological polar surface area (TPSA) is 50.3 Å². The normalized spacial score (nSPS) is 11.3. The third-order valence-electron chi connectivity index (χ3n) is 2.90. The standard InChI is InChI=1S/C14H16N2O2S/c1-12-5-7-13(8-6-12)11-19(17,18)16(2)14-4-3-9-15-10-14/h3-10H,11H2,1-2H3. The van der Waals surface area contributed by atoms with Crippen LogP contribution in [0.5, 0.6) is 0 Å². The van der Waals surface area contributed by atoms with Crippen LogP contribution in [0.1, 0.15) is 11.1 Å². The molecule has 0 saturated heterocycles. The van der Waals surface area contributed by atoms with Crippen molar-refractivity contribution >= 4 is 15.7 Å². The van der Waals surface area contributed by atoms with E-state index in [0.29, 0.717) is 5.69 Å². The molecular weight excluding hydrogens is 260 g/mol. The molecule has 1 aromatic heterocycles. The Morgan fingerprint density at radius 3 is 2.42 bits per heavy atom. The minimum absolute atomic E-state index is 0.0152. The van der Waals surface area contributed by atoms with Gasteiger partial charge >= 0.3 is 0 Å². The molecule has 0 spiro atoms. The number of rotatable bonds is 4. The number of benzene rings is 1. The molecule has 0 aliphatic heterocycles. The van der Waals surface area contributed by atoms with E-state index in [0.717, 1.165) is 11.1 Å². The summed E-state index contributed by atoms with van der Waals surface area (Å²) in [7, 11) is -1.84. The minimum Gasteiger partial charge on any atom is -0.271 e. The Morgan fingerprint density at radius 1 is 1.16 bits per heavy atom. The average molecular weight is 276 g/mol. The summed E-state index contributed by atoms with van der Waals surface area (Å²) in [6.07, 6.45) is 3.15. The predicted octanol–water partition coefficient (Wildman–Crippen LogP) is 2.36. The Kier molecular flexibility index (Phi) is 3.85. The van der Waals surface area contributed by atoms with Crippen LogP contribution < -0.4 is 4.31 Å². The van der Waals surface area contributed by atoms with Crippen molar-refractivity contribution in [2.75, 3.05) is 11.4 Å².